The number of alkyl carbamates (subject to hydrolysis) is 1. The lowest BCUT2D eigenvalue weighted by molar-refractivity contribution is -0.132. The number of pyridine rings is 2. The molecule has 0 aliphatic carbocycles. The summed E-state index contributed by atoms with van der Waals surface area (Å²) >= 11 is 0. The van der Waals surface area contributed by atoms with Gasteiger partial charge < -0.3 is 36.0 Å². The van der Waals surface area contributed by atoms with E-state index < -0.39 is 47.1 Å². The Labute approximate surface area is 360 Å². The average molecular weight is 834 g/mol. The molecule has 0 bridgehead atoms. The summed E-state index contributed by atoms with van der Waals surface area (Å²) in [4.78, 5) is 64.3. The molecule has 0 saturated carbocycles. The molecule has 1 aliphatic rings. The van der Waals surface area contributed by atoms with Gasteiger partial charge in [0.1, 0.15) is 0 Å². The number of urea groups is 1. The van der Waals surface area contributed by atoms with Crippen molar-refractivity contribution in [3.63, 3.8) is 0 Å². The number of nitrogens with one attached hydrogen (secondary N) is 4. The van der Waals surface area contributed by atoms with Gasteiger partial charge in [0, 0.05) is 48.7 Å². The van der Waals surface area contributed by atoms with Crippen LogP contribution in [0, 0.1) is 30.6 Å². The fourth-order valence-corrected chi connectivity index (χ4v) is 8.03. The Hall–Kier alpha value is -5.82. The monoisotopic (exact) mass is 833 g/mol. The van der Waals surface area contributed by atoms with E-state index in [0.717, 1.165) is 39.3 Å². The Morgan fingerprint density at radius 1 is 0.869 bits per heavy atom. The van der Waals surface area contributed by atoms with Gasteiger partial charge in [-0.2, -0.15) is 0 Å². The Morgan fingerprint density at radius 3 is 2.20 bits per heavy atom. The van der Waals surface area contributed by atoms with Crippen molar-refractivity contribution in [1.29, 1.82) is 0 Å². The lowest BCUT2D eigenvalue weighted by Crippen LogP contribution is -2.54. The molecule has 5 N–H and O–H groups in total. The Balaban J connectivity index is 1.41. The molecule has 1 saturated heterocycles. The topological polar surface area (TPSA) is 175 Å². The molecule has 5 atom stereocenters. The van der Waals surface area contributed by atoms with Gasteiger partial charge in [-0.15, -0.1) is 0 Å². The van der Waals surface area contributed by atoms with Crippen molar-refractivity contribution in [3.05, 3.63) is 119 Å². The maximum atomic E-state index is 14.7. The van der Waals surface area contributed by atoms with Crippen LogP contribution in [0.4, 0.5) is 9.59 Å². The minimum Gasteiger partial charge on any atom is -0.453 e. The molecule has 5 rings (SSSR count). The van der Waals surface area contributed by atoms with Crippen molar-refractivity contribution >= 4 is 23.9 Å². The first-order chi connectivity index (χ1) is 28.9. The molecule has 13 heteroatoms. The number of rotatable bonds is 18. The lowest BCUT2D eigenvalue weighted by Gasteiger charge is -2.38. The number of amides is 5. The molecule has 0 radical (unpaired) electrons. The SMILES string of the molecule is COC(=O)NCC(C)(C)CC(=O)NC(Cc1ccc(-c2ccc(C)nc2)cc1)C(O)CC(Cc1ccccc1)NC(=O)C(C1CNC(=O)N1Cc1cccc(C)n1)C(C)(C)C. The number of hydrogen-bond acceptors (Lipinski definition) is 8. The molecular formula is C48H63N7O6. The molecule has 0 spiro atoms. The molecule has 2 aromatic carbocycles. The van der Waals surface area contributed by atoms with Crippen LogP contribution in [0.1, 0.15) is 75.7 Å². The largest absolute Gasteiger partial charge is 0.453 e. The third-order valence-corrected chi connectivity index (χ3v) is 11.2. The maximum Gasteiger partial charge on any atom is 0.406 e. The van der Waals surface area contributed by atoms with Crippen LogP contribution in [0.25, 0.3) is 11.1 Å². The first-order valence-corrected chi connectivity index (χ1v) is 21.0. The summed E-state index contributed by atoms with van der Waals surface area (Å²) in [5.41, 5.74) is 5.16. The van der Waals surface area contributed by atoms with Crippen molar-refractivity contribution in [3.8, 4) is 11.1 Å². The fraction of sp³-hybridized carbons (Fsp3) is 0.458. The highest BCUT2D eigenvalue weighted by atomic mass is 16.5. The number of aryl methyl sites for hydroxylation is 2. The van der Waals surface area contributed by atoms with Crippen molar-refractivity contribution in [2.75, 3.05) is 20.2 Å². The van der Waals surface area contributed by atoms with Crippen LogP contribution in [0.15, 0.2) is 91.1 Å². The summed E-state index contributed by atoms with van der Waals surface area (Å²) in [5, 5.41) is 24.3. The molecule has 13 nitrogen and oxygen atoms in total. The van der Waals surface area contributed by atoms with Gasteiger partial charge in [-0.1, -0.05) is 101 Å². The number of methoxy groups -OCH3 is 1. The van der Waals surface area contributed by atoms with Crippen molar-refractivity contribution < 1.29 is 29.0 Å². The molecule has 3 heterocycles. The van der Waals surface area contributed by atoms with E-state index in [0.29, 0.717) is 19.4 Å². The van der Waals surface area contributed by atoms with E-state index in [2.05, 4.69) is 31.2 Å². The highest BCUT2D eigenvalue weighted by molar-refractivity contribution is 5.84. The van der Waals surface area contributed by atoms with E-state index in [4.69, 9.17) is 4.74 Å². The maximum absolute atomic E-state index is 14.7. The second-order valence-corrected chi connectivity index (χ2v) is 18.1. The quantitative estimate of drug-likeness (QED) is 0.0777. The van der Waals surface area contributed by atoms with Gasteiger partial charge in [-0.3, -0.25) is 19.6 Å². The number of hydrogen-bond donors (Lipinski definition) is 5. The molecule has 5 unspecified atom stereocenters. The van der Waals surface area contributed by atoms with Crippen LogP contribution in [0.3, 0.4) is 0 Å². The summed E-state index contributed by atoms with van der Waals surface area (Å²) in [7, 11) is 1.29. The van der Waals surface area contributed by atoms with Crippen molar-refractivity contribution in [2.45, 2.75) is 105 Å². The van der Waals surface area contributed by atoms with Gasteiger partial charge in [0.25, 0.3) is 0 Å². The Morgan fingerprint density at radius 2 is 1.56 bits per heavy atom. The van der Waals surface area contributed by atoms with E-state index in [9.17, 15) is 24.3 Å². The zero-order valence-electron chi connectivity index (χ0n) is 36.8. The zero-order valence-corrected chi connectivity index (χ0v) is 36.8. The van der Waals surface area contributed by atoms with Gasteiger partial charge in [0.05, 0.1) is 43.5 Å². The summed E-state index contributed by atoms with van der Waals surface area (Å²) < 4.78 is 4.72. The van der Waals surface area contributed by atoms with Crippen LogP contribution >= 0.6 is 0 Å². The molecule has 4 aromatic rings. The van der Waals surface area contributed by atoms with E-state index in [1.54, 1.807) is 4.90 Å². The minimum absolute atomic E-state index is 0.0692. The van der Waals surface area contributed by atoms with Crippen LogP contribution in [-0.4, -0.2) is 88.3 Å². The zero-order chi connectivity index (χ0) is 44.3. The second kappa shape index (κ2) is 20.6. The highest BCUT2D eigenvalue weighted by Crippen LogP contribution is 2.34. The molecule has 5 amide bonds. The first-order valence-electron chi connectivity index (χ1n) is 21.0. The number of nitrogens with zero attached hydrogens (tertiary/aromatic N) is 3. The highest BCUT2D eigenvalue weighted by Gasteiger charge is 2.46. The van der Waals surface area contributed by atoms with Gasteiger partial charge >= 0.3 is 12.1 Å². The third kappa shape index (κ3) is 13.6. The number of aliphatic hydroxyl groups is 1. The van der Waals surface area contributed by atoms with E-state index in [-0.39, 0.29) is 43.8 Å². The smallest absolute Gasteiger partial charge is 0.406 e. The number of benzene rings is 2. The van der Waals surface area contributed by atoms with Crippen molar-refractivity contribution in [1.82, 2.24) is 36.1 Å². The summed E-state index contributed by atoms with van der Waals surface area (Å²) in [6, 6.07) is 25.4. The average Bonchev–Trinajstić information content (AvgIpc) is 3.54. The third-order valence-electron chi connectivity index (χ3n) is 11.2. The predicted molar refractivity (Wildman–Crippen MR) is 236 cm³/mol. The Kier molecular flexibility index (Phi) is 15.6. The van der Waals surface area contributed by atoms with Crippen LogP contribution < -0.4 is 21.3 Å². The number of aromatic nitrogens is 2. The first kappa shape index (κ1) is 46.2. The number of carbonyl (C=O) groups is 4. The number of aliphatic hydroxyl groups excluding tert-OH is 1. The Bertz CT molecular complexity index is 2090. The van der Waals surface area contributed by atoms with Crippen molar-refractivity contribution in [2.24, 2.45) is 16.7 Å². The standard InChI is InChI=1S/C48H63N7O6/c1-31-17-20-36(27-49-31)35-21-18-34(19-22-35)24-39(54-42(57)26-48(6,7)30-51-46(60)61-8)41(56)25-38(23-33-14-10-9-11-15-33)53-44(58)43(47(3,4)5)40-28-50-45(59)55(40)29-37-16-12-13-32(2)52-37/h9-22,27,38-41,43,56H,23-26,28-30H2,1-8H3,(H,50,59)(H,51,60)(H,53,58)(H,54,57). The van der Waals surface area contributed by atoms with Crippen LogP contribution in [0.2, 0.25) is 0 Å². The minimum atomic E-state index is -1.08. The molecule has 326 valence electrons. The molecule has 2 aromatic heterocycles. The normalized spacial score (nSPS) is 16.2. The van der Waals surface area contributed by atoms with Gasteiger partial charge in [-0.05, 0) is 78.8 Å². The molecule has 61 heavy (non-hydrogen) atoms. The summed E-state index contributed by atoms with van der Waals surface area (Å²) in [5.74, 6) is -1.14. The number of ether oxygens (including phenoxy) is 1. The summed E-state index contributed by atoms with van der Waals surface area (Å²) in [6.07, 6.45) is 1.10. The fourth-order valence-electron chi connectivity index (χ4n) is 8.03. The van der Waals surface area contributed by atoms with Gasteiger partial charge in [0.15, 0.2) is 0 Å². The summed E-state index contributed by atoms with van der Waals surface area (Å²) in [6.45, 7) is 14.3. The lowest BCUT2D eigenvalue weighted by atomic mass is 9.75. The van der Waals surface area contributed by atoms with Crippen LogP contribution in [0.5, 0.6) is 0 Å². The predicted octanol–water partition coefficient (Wildman–Crippen LogP) is 6.29. The second-order valence-electron chi connectivity index (χ2n) is 18.1. The van der Waals surface area contributed by atoms with E-state index in [1.165, 1.54) is 7.11 Å². The van der Waals surface area contributed by atoms with Crippen LogP contribution in [-0.2, 0) is 33.7 Å². The van der Waals surface area contributed by atoms with E-state index in [1.807, 2.05) is 140 Å². The molecular weight excluding hydrogens is 771 g/mol. The number of carbonyl (C=O) groups excluding carboxylic acids is 4. The van der Waals surface area contributed by atoms with E-state index >= 15 is 0 Å². The van der Waals surface area contributed by atoms with Gasteiger partial charge in [-0.25, -0.2) is 9.59 Å². The molecule has 1 fully saturated rings. The van der Waals surface area contributed by atoms with Gasteiger partial charge in [0.2, 0.25) is 11.8 Å². The molecule has 1 aliphatic heterocycles.